The topological polar surface area (TPSA) is 3.01 Å². The Morgan fingerprint density at radius 1 is 1.22 bits per heavy atom. The Morgan fingerprint density at radius 3 is 2.39 bits per heavy atom. The molecule has 0 bridgehead atoms. The Labute approximate surface area is 114 Å². The van der Waals surface area contributed by atoms with Crippen LogP contribution in [0.3, 0.4) is 0 Å². The lowest BCUT2D eigenvalue weighted by molar-refractivity contribution is -0.455. The minimum absolute atomic E-state index is 0.380. The highest BCUT2D eigenvalue weighted by Crippen LogP contribution is 2.33. The molecule has 0 aliphatic rings. The van der Waals surface area contributed by atoms with E-state index in [0.717, 1.165) is 12.5 Å². The van der Waals surface area contributed by atoms with Crippen LogP contribution >= 0.6 is 0 Å². The quantitative estimate of drug-likeness (QED) is 0.313. The van der Waals surface area contributed by atoms with Crippen molar-refractivity contribution in [1.82, 2.24) is 0 Å². The summed E-state index contributed by atoms with van der Waals surface area (Å²) < 4.78 is 2.18. The second kappa shape index (κ2) is 8.91. The van der Waals surface area contributed by atoms with Gasteiger partial charge in [0.05, 0.1) is 0 Å². The van der Waals surface area contributed by atoms with Gasteiger partial charge >= 0.3 is 0 Å². The monoisotopic (exact) mass is 248 g/mol. The predicted octanol–water partition coefficient (Wildman–Crippen LogP) is 4.81. The Morgan fingerprint density at radius 2 is 1.89 bits per heavy atom. The second-order valence-electron chi connectivity index (χ2n) is 5.63. The van der Waals surface area contributed by atoms with Crippen LogP contribution in [0.1, 0.15) is 47.0 Å². The molecule has 0 heterocycles. The molecule has 18 heavy (non-hydrogen) atoms. The first-order valence-corrected chi connectivity index (χ1v) is 6.98. The highest BCUT2D eigenvalue weighted by molar-refractivity contribution is 5.65. The van der Waals surface area contributed by atoms with Crippen LogP contribution in [0.4, 0.5) is 0 Å². The van der Waals surface area contributed by atoms with E-state index in [1.54, 1.807) is 6.08 Å². The SMILES string of the molecule is C=CC=[N+](/C=C\C=C)CCC(C)(C)C(C)CCC. The molecule has 0 spiro atoms. The van der Waals surface area contributed by atoms with Gasteiger partial charge in [0.1, 0.15) is 6.54 Å². The third-order valence-electron chi connectivity index (χ3n) is 3.78. The molecule has 0 N–H and O–H groups in total. The minimum atomic E-state index is 0.380. The van der Waals surface area contributed by atoms with Gasteiger partial charge in [-0.1, -0.05) is 59.8 Å². The van der Waals surface area contributed by atoms with E-state index in [-0.39, 0.29) is 0 Å². The van der Waals surface area contributed by atoms with Crippen molar-refractivity contribution in [2.75, 3.05) is 6.54 Å². The second-order valence-corrected chi connectivity index (χ2v) is 5.63. The van der Waals surface area contributed by atoms with Crippen LogP contribution in [0.2, 0.25) is 0 Å². The zero-order chi connectivity index (χ0) is 14.0. The summed E-state index contributed by atoms with van der Waals surface area (Å²) in [4.78, 5) is 0. The fourth-order valence-corrected chi connectivity index (χ4v) is 1.99. The first-order valence-electron chi connectivity index (χ1n) is 6.98. The first-order chi connectivity index (χ1) is 8.47. The number of hydrogen-bond donors (Lipinski definition) is 0. The lowest BCUT2D eigenvalue weighted by Crippen LogP contribution is -2.25. The molecular weight excluding hydrogens is 218 g/mol. The van der Waals surface area contributed by atoms with Crippen molar-refractivity contribution in [3.05, 3.63) is 37.6 Å². The van der Waals surface area contributed by atoms with Crippen LogP contribution in [-0.4, -0.2) is 17.3 Å². The van der Waals surface area contributed by atoms with Crippen LogP contribution in [-0.2, 0) is 0 Å². The largest absolute Gasteiger partial charge is 0.205 e. The average molecular weight is 248 g/mol. The van der Waals surface area contributed by atoms with E-state index in [4.69, 9.17) is 0 Å². The van der Waals surface area contributed by atoms with Crippen molar-refractivity contribution >= 4 is 6.21 Å². The van der Waals surface area contributed by atoms with Gasteiger partial charge in [-0.25, -0.2) is 4.58 Å². The Balaban J connectivity index is 4.50. The Kier molecular flexibility index (Phi) is 8.36. The molecule has 0 saturated heterocycles. The zero-order valence-corrected chi connectivity index (χ0v) is 12.7. The van der Waals surface area contributed by atoms with Gasteiger partial charge in [-0.15, -0.1) is 0 Å². The molecule has 1 atom stereocenters. The van der Waals surface area contributed by atoms with Crippen LogP contribution in [0.15, 0.2) is 37.6 Å². The smallest absolute Gasteiger partial charge is 0.168 e. The molecule has 0 aliphatic carbocycles. The molecule has 1 unspecified atom stereocenters. The van der Waals surface area contributed by atoms with Crippen molar-refractivity contribution in [1.29, 1.82) is 0 Å². The van der Waals surface area contributed by atoms with Crippen LogP contribution in [0, 0.1) is 11.3 Å². The third-order valence-corrected chi connectivity index (χ3v) is 3.78. The van der Waals surface area contributed by atoms with Crippen molar-refractivity contribution in [2.45, 2.75) is 47.0 Å². The summed E-state index contributed by atoms with van der Waals surface area (Å²) in [6.07, 6.45) is 13.4. The lowest BCUT2D eigenvalue weighted by Gasteiger charge is -2.30. The van der Waals surface area contributed by atoms with E-state index in [1.165, 1.54) is 19.3 Å². The average Bonchev–Trinajstić information content (AvgIpc) is 2.33. The highest BCUT2D eigenvalue weighted by atomic mass is 15.0. The van der Waals surface area contributed by atoms with Gasteiger partial charge in [0.25, 0.3) is 0 Å². The fraction of sp³-hybridized carbons (Fsp3) is 0.588. The number of nitrogens with zero attached hydrogens (tertiary/aromatic N) is 1. The van der Waals surface area contributed by atoms with Gasteiger partial charge in [0.15, 0.2) is 12.4 Å². The summed E-state index contributed by atoms with van der Waals surface area (Å²) in [6.45, 7) is 17.9. The lowest BCUT2D eigenvalue weighted by atomic mass is 9.75. The van der Waals surface area contributed by atoms with Gasteiger partial charge < -0.3 is 0 Å². The maximum Gasteiger partial charge on any atom is 0.168 e. The molecule has 0 radical (unpaired) electrons. The van der Waals surface area contributed by atoms with Gasteiger partial charge in [-0.2, -0.15) is 0 Å². The maximum atomic E-state index is 3.76. The predicted molar refractivity (Wildman–Crippen MR) is 83.2 cm³/mol. The zero-order valence-electron chi connectivity index (χ0n) is 12.7. The first kappa shape index (κ1) is 16.9. The van der Waals surface area contributed by atoms with Crippen molar-refractivity contribution < 1.29 is 4.58 Å². The van der Waals surface area contributed by atoms with Gasteiger partial charge in [0, 0.05) is 12.5 Å². The van der Waals surface area contributed by atoms with Crippen molar-refractivity contribution in [2.24, 2.45) is 11.3 Å². The van der Waals surface area contributed by atoms with E-state index < -0.39 is 0 Å². The summed E-state index contributed by atoms with van der Waals surface area (Å²) in [6, 6.07) is 0. The normalized spacial score (nSPS) is 14.8. The summed E-state index contributed by atoms with van der Waals surface area (Å²) in [5, 5.41) is 0. The molecule has 1 heteroatoms. The highest BCUT2D eigenvalue weighted by Gasteiger charge is 2.26. The van der Waals surface area contributed by atoms with Crippen LogP contribution < -0.4 is 0 Å². The number of allylic oxidation sites excluding steroid dienone is 3. The Hall–Kier alpha value is -1.11. The number of rotatable bonds is 9. The summed E-state index contributed by atoms with van der Waals surface area (Å²) in [5.41, 5.74) is 0.380. The van der Waals surface area contributed by atoms with Crippen LogP contribution in [0.25, 0.3) is 0 Å². The summed E-state index contributed by atoms with van der Waals surface area (Å²) in [5.74, 6) is 0.761. The molecule has 0 rings (SSSR count). The number of hydrogen-bond acceptors (Lipinski definition) is 0. The van der Waals surface area contributed by atoms with E-state index in [9.17, 15) is 0 Å². The molecule has 0 amide bonds. The molecule has 102 valence electrons. The van der Waals surface area contributed by atoms with Crippen molar-refractivity contribution in [3.63, 3.8) is 0 Å². The molecule has 0 fully saturated rings. The maximum absolute atomic E-state index is 3.76. The molecule has 0 aromatic rings. The molecule has 0 aromatic heterocycles. The third kappa shape index (κ3) is 6.58. The standard InChI is InChI=1S/C17H30N/c1-7-10-14-18(13-9-3)15-12-17(5,6)16(4)11-8-2/h7,9-10,13-14,16H,1,3,8,11-12,15H2,2,4-6H3/q+1/b14-10-,18-13?. The molecule has 1 nitrogen and oxygen atoms in total. The van der Waals surface area contributed by atoms with E-state index in [0.29, 0.717) is 5.41 Å². The molecule has 0 aliphatic heterocycles. The molecule has 0 saturated carbocycles. The van der Waals surface area contributed by atoms with E-state index in [1.807, 2.05) is 18.4 Å². The summed E-state index contributed by atoms with van der Waals surface area (Å²) >= 11 is 0. The van der Waals surface area contributed by atoms with Gasteiger partial charge in [0.2, 0.25) is 0 Å². The Bertz CT molecular complexity index is 308. The minimum Gasteiger partial charge on any atom is -0.205 e. The fourth-order valence-electron chi connectivity index (χ4n) is 1.99. The van der Waals surface area contributed by atoms with Crippen molar-refractivity contribution in [3.8, 4) is 0 Å². The molecular formula is C17H30N+. The van der Waals surface area contributed by atoms with E-state index >= 15 is 0 Å². The molecule has 0 aromatic carbocycles. The van der Waals surface area contributed by atoms with Gasteiger partial charge in [-0.3, -0.25) is 0 Å². The summed E-state index contributed by atoms with van der Waals surface area (Å²) in [7, 11) is 0. The van der Waals surface area contributed by atoms with E-state index in [2.05, 4.69) is 51.6 Å². The van der Waals surface area contributed by atoms with Gasteiger partial charge in [-0.05, 0) is 17.4 Å². The van der Waals surface area contributed by atoms with Crippen LogP contribution in [0.5, 0.6) is 0 Å².